The standard InChI is InChI=1S/C10H10F3O5PS/c11-10(12,13)20(16,17)18-9-6-2-1-4-8(9)5-3-7-19(14)15/h1-2,4,6H,3,5,7H2/p+1. The van der Waals surface area contributed by atoms with Gasteiger partial charge < -0.3 is 4.18 Å². The summed E-state index contributed by atoms with van der Waals surface area (Å²) in [6, 6.07) is 5.32. The van der Waals surface area contributed by atoms with Crippen LogP contribution in [-0.4, -0.2) is 25.0 Å². The summed E-state index contributed by atoms with van der Waals surface area (Å²) in [4.78, 5) is 8.63. The van der Waals surface area contributed by atoms with Gasteiger partial charge in [-0.05, 0) is 29.0 Å². The van der Waals surface area contributed by atoms with Gasteiger partial charge in [0.2, 0.25) is 0 Å². The molecule has 0 fully saturated rings. The number of alkyl halides is 3. The van der Waals surface area contributed by atoms with Gasteiger partial charge in [-0.25, -0.2) is 0 Å². The second kappa shape index (κ2) is 6.51. The highest BCUT2D eigenvalue weighted by Crippen LogP contribution is 2.29. The fourth-order valence-corrected chi connectivity index (χ4v) is 2.28. The fraction of sp³-hybridized carbons (Fsp3) is 0.400. The maximum absolute atomic E-state index is 12.2. The van der Waals surface area contributed by atoms with Gasteiger partial charge in [0.05, 0.1) is 0 Å². The van der Waals surface area contributed by atoms with Gasteiger partial charge in [-0.2, -0.15) is 26.5 Å². The summed E-state index contributed by atoms with van der Waals surface area (Å²) in [6.45, 7) is 0. The van der Waals surface area contributed by atoms with E-state index in [0.29, 0.717) is 0 Å². The Morgan fingerprint density at radius 3 is 2.40 bits per heavy atom. The Morgan fingerprint density at radius 2 is 1.85 bits per heavy atom. The molecular weight excluding hydrogens is 320 g/mol. The zero-order valence-corrected chi connectivity index (χ0v) is 11.7. The van der Waals surface area contributed by atoms with Crippen molar-refractivity contribution in [2.24, 2.45) is 0 Å². The molecule has 1 aromatic rings. The van der Waals surface area contributed by atoms with Crippen molar-refractivity contribution < 1.29 is 35.2 Å². The maximum Gasteiger partial charge on any atom is 0.534 e. The number of rotatable bonds is 6. The Bertz CT molecular complexity index is 585. The molecule has 112 valence electrons. The lowest BCUT2D eigenvalue weighted by Crippen LogP contribution is -2.28. The van der Waals surface area contributed by atoms with Crippen LogP contribution in [0.2, 0.25) is 0 Å². The molecule has 1 unspecified atom stereocenters. The molecule has 20 heavy (non-hydrogen) atoms. The Labute approximate surface area is 114 Å². The summed E-state index contributed by atoms with van der Waals surface area (Å²) in [5, 5.41) is 0. The molecule has 10 heteroatoms. The van der Waals surface area contributed by atoms with Gasteiger partial charge in [-0.1, -0.05) is 18.2 Å². The smallest absolute Gasteiger partial charge is 0.376 e. The molecule has 1 rings (SSSR count). The molecule has 1 atom stereocenters. The maximum atomic E-state index is 12.2. The molecule has 0 spiro atoms. The molecule has 0 radical (unpaired) electrons. The number of halogens is 3. The summed E-state index contributed by atoms with van der Waals surface area (Å²) in [6.07, 6.45) is 0.318. The first-order valence-electron chi connectivity index (χ1n) is 5.35. The first-order chi connectivity index (χ1) is 9.13. The molecule has 0 aromatic heterocycles. The van der Waals surface area contributed by atoms with Crippen LogP contribution in [0.3, 0.4) is 0 Å². The minimum absolute atomic E-state index is 0.0321. The highest BCUT2D eigenvalue weighted by molar-refractivity contribution is 7.88. The number of benzene rings is 1. The molecule has 1 N–H and O–H groups in total. The van der Waals surface area contributed by atoms with Crippen LogP contribution in [0.25, 0.3) is 0 Å². The molecule has 0 saturated carbocycles. The van der Waals surface area contributed by atoms with E-state index in [4.69, 9.17) is 4.89 Å². The quantitative estimate of drug-likeness (QED) is 0.492. The minimum atomic E-state index is -5.72. The number of hydrogen-bond donors (Lipinski definition) is 1. The third kappa shape index (κ3) is 4.73. The Kier molecular flexibility index (Phi) is 5.50. The molecule has 0 saturated heterocycles. The van der Waals surface area contributed by atoms with Crippen molar-refractivity contribution in [2.75, 3.05) is 6.16 Å². The van der Waals surface area contributed by atoms with E-state index in [-0.39, 0.29) is 24.6 Å². The number of aryl methyl sites for hydroxylation is 1. The van der Waals surface area contributed by atoms with Crippen LogP contribution in [0, 0.1) is 0 Å². The topological polar surface area (TPSA) is 80.7 Å². The summed E-state index contributed by atoms with van der Waals surface area (Å²) in [7, 11) is -8.06. The highest BCUT2D eigenvalue weighted by Gasteiger charge is 2.48. The van der Waals surface area contributed by atoms with Crippen molar-refractivity contribution in [3.8, 4) is 5.75 Å². The molecule has 0 bridgehead atoms. The molecule has 0 aliphatic carbocycles. The molecule has 0 amide bonds. The van der Waals surface area contributed by atoms with Gasteiger partial charge in [0.15, 0.2) is 6.16 Å². The second-order valence-electron chi connectivity index (χ2n) is 3.77. The monoisotopic (exact) mass is 331 g/mol. The van der Waals surface area contributed by atoms with Crippen molar-refractivity contribution in [1.29, 1.82) is 0 Å². The zero-order valence-electron chi connectivity index (χ0n) is 10.0. The second-order valence-corrected chi connectivity index (χ2v) is 6.46. The molecule has 1 aromatic carbocycles. The summed E-state index contributed by atoms with van der Waals surface area (Å²) in [5.41, 5.74) is -5.29. The average molecular weight is 331 g/mol. The fourth-order valence-electron chi connectivity index (χ4n) is 1.36. The Hall–Kier alpha value is -1.18. The highest BCUT2D eigenvalue weighted by atomic mass is 32.2. The van der Waals surface area contributed by atoms with Gasteiger partial charge in [0, 0.05) is 0 Å². The zero-order chi connectivity index (χ0) is 15.4. The lowest BCUT2D eigenvalue weighted by molar-refractivity contribution is -0.0500. The van der Waals surface area contributed by atoms with E-state index in [0.717, 1.165) is 6.07 Å². The predicted octanol–water partition coefficient (Wildman–Crippen LogP) is 2.58. The van der Waals surface area contributed by atoms with E-state index in [1.807, 2.05) is 0 Å². The summed E-state index contributed by atoms with van der Waals surface area (Å²) < 4.78 is 73.1. The third-order valence-corrected chi connectivity index (χ3v) is 3.92. The first-order valence-corrected chi connectivity index (χ1v) is 8.16. The van der Waals surface area contributed by atoms with Crippen molar-refractivity contribution in [1.82, 2.24) is 0 Å². The molecule has 5 nitrogen and oxygen atoms in total. The lowest BCUT2D eigenvalue weighted by atomic mass is 10.1. The summed E-state index contributed by atoms with van der Waals surface area (Å²) >= 11 is 0. The van der Waals surface area contributed by atoms with Crippen molar-refractivity contribution in [3.63, 3.8) is 0 Å². The average Bonchev–Trinajstić information content (AvgIpc) is 2.29. The molecular formula is C10H11F3O5PS+. The van der Waals surface area contributed by atoms with Gasteiger partial charge in [0.1, 0.15) is 5.75 Å². The van der Waals surface area contributed by atoms with Crippen LogP contribution in [0.15, 0.2) is 24.3 Å². The SMILES string of the molecule is O=[P+](O)CCCc1ccccc1OS(=O)(=O)C(F)(F)F. The van der Waals surface area contributed by atoms with Gasteiger partial charge in [-0.3, -0.25) is 0 Å². The van der Waals surface area contributed by atoms with Crippen LogP contribution in [0.1, 0.15) is 12.0 Å². The van der Waals surface area contributed by atoms with E-state index in [1.54, 1.807) is 0 Å². The largest absolute Gasteiger partial charge is 0.534 e. The van der Waals surface area contributed by atoms with Gasteiger partial charge in [0.25, 0.3) is 0 Å². The van der Waals surface area contributed by atoms with E-state index in [9.17, 15) is 26.2 Å². The Balaban J connectivity index is 2.89. The van der Waals surface area contributed by atoms with Gasteiger partial charge >= 0.3 is 23.7 Å². The van der Waals surface area contributed by atoms with Crippen LogP contribution in [0.5, 0.6) is 5.75 Å². The van der Waals surface area contributed by atoms with Crippen molar-refractivity contribution >= 4 is 18.1 Å². The van der Waals surface area contributed by atoms with Crippen molar-refractivity contribution in [3.05, 3.63) is 29.8 Å². The van der Waals surface area contributed by atoms with Crippen LogP contribution in [-0.2, 0) is 21.1 Å². The number of hydrogen-bond acceptors (Lipinski definition) is 4. The lowest BCUT2D eigenvalue weighted by Gasteiger charge is -2.12. The Morgan fingerprint density at radius 1 is 1.25 bits per heavy atom. The predicted molar refractivity (Wildman–Crippen MR) is 65.1 cm³/mol. The molecule has 0 aliphatic rings. The minimum Gasteiger partial charge on any atom is -0.376 e. The third-order valence-electron chi connectivity index (χ3n) is 2.25. The normalized spacial score (nSPS) is 13.1. The van der Waals surface area contributed by atoms with Crippen LogP contribution < -0.4 is 4.18 Å². The van der Waals surface area contributed by atoms with Crippen LogP contribution >= 0.6 is 8.03 Å². The molecule has 0 heterocycles. The van der Waals surface area contributed by atoms with E-state index in [2.05, 4.69) is 4.18 Å². The van der Waals surface area contributed by atoms with E-state index in [1.165, 1.54) is 18.2 Å². The summed E-state index contributed by atoms with van der Waals surface area (Å²) in [5.74, 6) is -0.432. The number of para-hydroxylation sites is 1. The van der Waals surface area contributed by atoms with Gasteiger partial charge in [-0.15, -0.1) is 0 Å². The molecule has 0 aliphatic heterocycles. The van der Waals surface area contributed by atoms with E-state index >= 15 is 0 Å². The van der Waals surface area contributed by atoms with Crippen LogP contribution in [0.4, 0.5) is 13.2 Å². The first kappa shape index (κ1) is 16.9. The van der Waals surface area contributed by atoms with E-state index < -0.39 is 29.4 Å². The van der Waals surface area contributed by atoms with Crippen molar-refractivity contribution in [2.45, 2.75) is 18.3 Å².